The zero-order chi connectivity index (χ0) is 18.5. The molecule has 1 aromatic carbocycles. The minimum atomic E-state index is -3.64. The molecule has 7 nitrogen and oxygen atoms in total. The molecule has 24 heavy (non-hydrogen) atoms. The number of hydrogen-bond donors (Lipinski definition) is 2. The van der Waals surface area contributed by atoms with Gasteiger partial charge in [0.05, 0.1) is 11.2 Å². The van der Waals surface area contributed by atoms with Gasteiger partial charge in [0.2, 0.25) is 20.0 Å². The molecule has 138 valence electrons. The van der Waals surface area contributed by atoms with Gasteiger partial charge < -0.3 is 5.32 Å². The maximum absolute atomic E-state index is 12.8. The van der Waals surface area contributed by atoms with E-state index in [-0.39, 0.29) is 17.0 Å². The lowest BCUT2D eigenvalue weighted by Gasteiger charge is -2.26. The van der Waals surface area contributed by atoms with Gasteiger partial charge in [-0.15, -0.1) is 0 Å². The molecule has 0 saturated carbocycles. The predicted molar refractivity (Wildman–Crippen MR) is 97.1 cm³/mol. The zero-order valence-electron chi connectivity index (χ0n) is 14.8. The highest BCUT2D eigenvalue weighted by molar-refractivity contribution is 7.92. The van der Waals surface area contributed by atoms with Gasteiger partial charge in [-0.05, 0) is 38.1 Å². The van der Waals surface area contributed by atoms with Gasteiger partial charge in [-0.2, -0.15) is 4.31 Å². The third kappa shape index (κ3) is 6.39. The molecule has 0 aromatic heterocycles. The number of hydrogen-bond acceptors (Lipinski definition) is 5. The average Bonchev–Trinajstić information content (AvgIpc) is 2.41. The van der Waals surface area contributed by atoms with Crippen LogP contribution in [-0.4, -0.2) is 52.6 Å². The fourth-order valence-electron chi connectivity index (χ4n) is 2.16. The summed E-state index contributed by atoms with van der Waals surface area (Å²) < 4.78 is 51.8. The number of anilines is 1. The van der Waals surface area contributed by atoms with Gasteiger partial charge in [-0.1, -0.05) is 13.8 Å². The molecule has 0 heterocycles. The van der Waals surface area contributed by atoms with Crippen LogP contribution in [0.15, 0.2) is 29.2 Å². The maximum atomic E-state index is 12.8. The minimum absolute atomic E-state index is 0.139. The van der Waals surface area contributed by atoms with E-state index < -0.39 is 20.0 Å². The fourth-order valence-corrected chi connectivity index (χ4v) is 4.37. The van der Waals surface area contributed by atoms with Crippen molar-refractivity contribution in [3.05, 3.63) is 24.3 Å². The number of rotatable bonds is 9. The Kier molecular flexibility index (Phi) is 7.21. The Morgan fingerprint density at radius 3 is 1.96 bits per heavy atom. The Bertz CT molecular complexity index is 726. The third-order valence-electron chi connectivity index (χ3n) is 3.22. The molecule has 9 heteroatoms. The second-order valence-corrected chi connectivity index (χ2v) is 9.86. The molecule has 0 bridgehead atoms. The lowest BCUT2D eigenvalue weighted by Crippen LogP contribution is -2.42. The van der Waals surface area contributed by atoms with Crippen molar-refractivity contribution in [1.82, 2.24) is 9.62 Å². The van der Waals surface area contributed by atoms with Gasteiger partial charge in [-0.3, -0.25) is 4.72 Å². The Labute approximate surface area is 145 Å². The second-order valence-electron chi connectivity index (χ2n) is 6.22. The second kappa shape index (κ2) is 8.28. The molecule has 2 N–H and O–H groups in total. The van der Waals surface area contributed by atoms with Crippen LogP contribution in [0.5, 0.6) is 0 Å². The van der Waals surface area contributed by atoms with Gasteiger partial charge in [0, 0.05) is 30.9 Å². The summed E-state index contributed by atoms with van der Waals surface area (Å²) in [6, 6.07) is 5.81. The topological polar surface area (TPSA) is 95.6 Å². The third-order valence-corrected chi connectivity index (χ3v) is 5.92. The molecule has 0 spiro atoms. The van der Waals surface area contributed by atoms with Crippen LogP contribution in [0, 0.1) is 0 Å². The van der Waals surface area contributed by atoms with Crippen LogP contribution in [0.4, 0.5) is 5.69 Å². The molecular weight excluding hydrogens is 350 g/mol. The molecule has 0 saturated heterocycles. The monoisotopic (exact) mass is 377 g/mol. The van der Waals surface area contributed by atoms with Crippen molar-refractivity contribution in [3.8, 4) is 0 Å². The molecule has 0 amide bonds. The van der Waals surface area contributed by atoms with Crippen molar-refractivity contribution in [3.63, 3.8) is 0 Å². The van der Waals surface area contributed by atoms with Crippen LogP contribution in [0.1, 0.15) is 27.7 Å². The molecule has 0 radical (unpaired) electrons. The number of nitrogens with one attached hydrogen (secondary N) is 2. The lowest BCUT2D eigenvalue weighted by molar-refractivity contribution is 0.346. The largest absolute Gasteiger partial charge is 0.313 e. The quantitative estimate of drug-likeness (QED) is 0.679. The smallest absolute Gasteiger partial charge is 0.243 e. The van der Waals surface area contributed by atoms with Gasteiger partial charge >= 0.3 is 0 Å². The summed E-state index contributed by atoms with van der Waals surface area (Å²) in [6.07, 6.45) is 1.04. The van der Waals surface area contributed by atoms with E-state index in [9.17, 15) is 16.8 Å². The van der Waals surface area contributed by atoms with Crippen LogP contribution in [-0.2, 0) is 20.0 Å². The lowest BCUT2D eigenvalue weighted by atomic mass is 10.3. The van der Waals surface area contributed by atoms with Crippen LogP contribution in [0.25, 0.3) is 0 Å². The summed E-state index contributed by atoms with van der Waals surface area (Å²) in [5.74, 6) is 0. The first kappa shape index (κ1) is 20.9. The molecule has 0 aliphatic heterocycles. The Morgan fingerprint density at radius 1 is 1.00 bits per heavy atom. The van der Waals surface area contributed by atoms with Crippen molar-refractivity contribution in [2.75, 3.05) is 24.1 Å². The molecule has 1 rings (SSSR count). The summed E-state index contributed by atoms with van der Waals surface area (Å²) in [5.41, 5.74) is 0.328. The number of benzene rings is 1. The van der Waals surface area contributed by atoms with Crippen molar-refractivity contribution in [2.24, 2.45) is 0 Å². The van der Waals surface area contributed by atoms with Gasteiger partial charge in [0.15, 0.2) is 0 Å². The summed E-state index contributed by atoms with van der Waals surface area (Å²) in [6.45, 7) is 8.58. The van der Waals surface area contributed by atoms with Crippen molar-refractivity contribution in [1.29, 1.82) is 0 Å². The molecule has 1 aromatic rings. The van der Waals surface area contributed by atoms with E-state index in [0.717, 1.165) is 6.26 Å². The van der Waals surface area contributed by atoms with E-state index in [1.165, 1.54) is 28.6 Å². The molecule has 0 fully saturated rings. The predicted octanol–water partition coefficient (Wildman–Crippen LogP) is 1.46. The Hall–Kier alpha value is -1.16. The van der Waals surface area contributed by atoms with Gasteiger partial charge in [0.25, 0.3) is 0 Å². The fraction of sp³-hybridized carbons (Fsp3) is 0.600. The van der Waals surface area contributed by atoms with E-state index in [4.69, 9.17) is 0 Å². The van der Waals surface area contributed by atoms with E-state index in [0.29, 0.717) is 18.8 Å². The molecule has 0 atom stereocenters. The molecule has 0 aliphatic carbocycles. The van der Waals surface area contributed by atoms with Crippen LogP contribution >= 0.6 is 0 Å². The van der Waals surface area contributed by atoms with Crippen LogP contribution in [0.2, 0.25) is 0 Å². The first-order valence-corrected chi connectivity index (χ1v) is 11.1. The average molecular weight is 378 g/mol. The first-order chi connectivity index (χ1) is 10.9. The van der Waals surface area contributed by atoms with E-state index in [2.05, 4.69) is 10.0 Å². The molecule has 0 unspecified atom stereocenters. The van der Waals surface area contributed by atoms with Gasteiger partial charge in [0.1, 0.15) is 0 Å². The minimum Gasteiger partial charge on any atom is -0.313 e. The van der Waals surface area contributed by atoms with Crippen molar-refractivity contribution < 1.29 is 16.8 Å². The maximum Gasteiger partial charge on any atom is 0.243 e. The summed E-state index contributed by atoms with van der Waals surface area (Å²) in [7, 11) is -7.04. The van der Waals surface area contributed by atoms with E-state index in [1.54, 1.807) is 0 Å². The van der Waals surface area contributed by atoms with Crippen LogP contribution in [0.3, 0.4) is 0 Å². The SMILES string of the molecule is CC(C)NCCN(C(C)C)S(=O)(=O)c1ccc(NS(C)(=O)=O)cc1. The van der Waals surface area contributed by atoms with Crippen molar-refractivity contribution in [2.45, 2.75) is 44.7 Å². The van der Waals surface area contributed by atoms with Crippen molar-refractivity contribution >= 4 is 25.7 Å². The first-order valence-electron chi connectivity index (χ1n) is 7.76. The van der Waals surface area contributed by atoms with Gasteiger partial charge in [-0.25, -0.2) is 16.8 Å². The summed E-state index contributed by atoms with van der Waals surface area (Å²) in [5, 5.41) is 3.21. The standard InChI is InChI=1S/C15H27N3O4S2/c1-12(2)16-10-11-18(13(3)4)24(21,22)15-8-6-14(7-9-15)17-23(5,19)20/h6-9,12-13,16-17H,10-11H2,1-5H3. The Morgan fingerprint density at radius 2 is 1.54 bits per heavy atom. The van der Waals surface area contributed by atoms with Crippen LogP contribution < -0.4 is 10.0 Å². The normalized spacial score (nSPS) is 13.0. The highest BCUT2D eigenvalue weighted by Gasteiger charge is 2.26. The highest BCUT2D eigenvalue weighted by atomic mass is 32.2. The van der Waals surface area contributed by atoms with E-state index in [1.807, 2.05) is 27.7 Å². The summed E-state index contributed by atoms with van der Waals surface area (Å²) >= 11 is 0. The summed E-state index contributed by atoms with van der Waals surface area (Å²) in [4.78, 5) is 0.139. The zero-order valence-corrected chi connectivity index (χ0v) is 16.4. The molecule has 0 aliphatic rings. The number of sulfonamides is 2. The molecular formula is C15H27N3O4S2. The number of nitrogens with zero attached hydrogens (tertiary/aromatic N) is 1. The van der Waals surface area contributed by atoms with E-state index >= 15 is 0 Å². The Balaban J connectivity index is 2.98. The highest BCUT2D eigenvalue weighted by Crippen LogP contribution is 2.20.